The van der Waals surface area contributed by atoms with E-state index in [1.54, 1.807) is 22.9 Å². The maximum absolute atomic E-state index is 13.2. The average Bonchev–Trinajstić information content (AvgIpc) is 3.24. The van der Waals surface area contributed by atoms with Crippen LogP contribution in [0, 0.1) is 11.8 Å². The summed E-state index contributed by atoms with van der Waals surface area (Å²) in [6.07, 6.45) is 0. The molecule has 0 atom stereocenters. The third-order valence-corrected chi connectivity index (χ3v) is 6.24. The fourth-order valence-corrected chi connectivity index (χ4v) is 4.34. The molecule has 4 rings (SSSR count). The molecule has 0 saturated carbocycles. The van der Waals surface area contributed by atoms with Gasteiger partial charge in [0.15, 0.2) is 11.4 Å². The van der Waals surface area contributed by atoms with Gasteiger partial charge in [0.2, 0.25) is 0 Å². The molecule has 194 valence electrons. The Morgan fingerprint density at radius 2 is 1.84 bits per heavy atom. The maximum Gasteiger partial charge on any atom is 0.276 e. The van der Waals surface area contributed by atoms with Gasteiger partial charge in [-0.25, -0.2) is 4.68 Å². The SMILES string of the molecule is COc1c(C(=O)NC(C)(C)C)nn(-c2ccc(C#CCN3CCOCC3)cc2Cl)c1-c1ccc(Cl)cc1. The summed E-state index contributed by atoms with van der Waals surface area (Å²) in [5.41, 5.74) is 2.46. The quantitative estimate of drug-likeness (QED) is 0.457. The van der Waals surface area contributed by atoms with Crippen molar-refractivity contribution in [2.24, 2.45) is 0 Å². The number of methoxy groups -OCH3 is 1. The van der Waals surface area contributed by atoms with Gasteiger partial charge in [0.05, 0.1) is 37.6 Å². The summed E-state index contributed by atoms with van der Waals surface area (Å²) in [7, 11) is 1.52. The predicted molar refractivity (Wildman–Crippen MR) is 147 cm³/mol. The first-order chi connectivity index (χ1) is 17.7. The average molecular weight is 541 g/mol. The van der Waals surface area contributed by atoms with Gasteiger partial charge in [-0.2, -0.15) is 5.10 Å². The number of ether oxygens (including phenoxy) is 2. The Labute approximate surface area is 227 Å². The molecule has 1 aliphatic rings. The van der Waals surface area contributed by atoms with Crippen molar-refractivity contribution in [1.82, 2.24) is 20.0 Å². The number of hydrogen-bond acceptors (Lipinski definition) is 5. The van der Waals surface area contributed by atoms with Crippen molar-refractivity contribution >= 4 is 29.1 Å². The lowest BCUT2D eigenvalue weighted by Crippen LogP contribution is -2.40. The smallest absolute Gasteiger partial charge is 0.276 e. The Hall–Kier alpha value is -3.02. The standard InChI is InChI=1S/C28H30Cl2N4O3/c1-28(2,3)31-27(35)24-26(36-4)25(20-8-10-21(29)11-9-20)34(32-24)23-12-7-19(18-22(23)30)6-5-13-33-14-16-37-17-15-33/h7-12,18H,13-17H2,1-4H3,(H,31,35). The number of hydrogen-bond donors (Lipinski definition) is 1. The van der Waals surface area contributed by atoms with Crippen LogP contribution < -0.4 is 10.1 Å². The van der Waals surface area contributed by atoms with Crippen molar-refractivity contribution in [2.45, 2.75) is 26.3 Å². The number of carbonyl (C=O) groups excluding carboxylic acids is 1. The molecule has 9 heteroatoms. The summed E-state index contributed by atoms with van der Waals surface area (Å²) in [6.45, 7) is 9.63. The van der Waals surface area contributed by atoms with E-state index < -0.39 is 5.54 Å². The van der Waals surface area contributed by atoms with E-state index in [1.165, 1.54) is 7.11 Å². The Balaban J connectivity index is 1.74. The number of nitrogens with one attached hydrogen (secondary N) is 1. The normalized spacial score (nSPS) is 14.1. The van der Waals surface area contributed by atoms with Crippen molar-refractivity contribution < 1.29 is 14.3 Å². The summed E-state index contributed by atoms with van der Waals surface area (Å²) < 4.78 is 12.7. The van der Waals surface area contributed by atoms with Gasteiger partial charge in [-0.3, -0.25) is 9.69 Å². The molecular formula is C28H30Cl2N4O3. The van der Waals surface area contributed by atoms with Crippen LogP contribution in [-0.4, -0.2) is 66.1 Å². The van der Waals surface area contributed by atoms with E-state index in [4.69, 9.17) is 32.7 Å². The van der Waals surface area contributed by atoms with Gasteiger partial charge in [0, 0.05) is 34.8 Å². The van der Waals surface area contributed by atoms with Gasteiger partial charge in [-0.15, -0.1) is 0 Å². The number of carbonyl (C=O) groups is 1. The van der Waals surface area contributed by atoms with Crippen LogP contribution in [0.3, 0.4) is 0 Å². The van der Waals surface area contributed by atoms with Crippen LogP contribution in [0.4, 0.5) is 0 Å². The Morgan fingerprint density at radius 3 is 2.46 bits per heavy atom. The minimum absolute atomic E-state index is 0.160. The fourth-order valence-electron chi connectivity index (χ4n) is 3.95. The van der Waals surface area contributed by atoms with Crippen LogP contribution in [0.15, 0.2) is 42.5 Å². The second-order valence-corrected chi connectivity index (χ2v) is 10.6. The largest absolute Gasteiger partial charge is 0.492 e. The van der Waals surface area contributed by atoms with Crippen molar-refractivity contribution in [3.8, 4) is 34.5 Å². The summed E-state index contributed by atoms with van der Waals surface area (Å²) in [5, 5.41) is 8.65. The zero-order valence-electron chi connectivity index (χ0n) is 21.4. The van der Waals surface area contributed by atoms with Crippen molar-refractivity contribution in [3.63, 3.8) is 0 Å². The molecule has 0 bridgehead atoms. The van der Waals surface area contributed by atoms with Gasteiger partial charge < -0.3 is 14.8 Å². The van der Waals surface area contributed by atoms with E-state index >= 15 is 0 Å². The number of halogens is 2. The summed E-state index contributed by atoms with van der Waals surface area (Å²) in [6, 6.07) is 12.8. The molecule has 1 amide bonds. The van der Waals surface area contributed by atoms with E-state index in [0.717, 1.165) is 37.4 Å². The zero-order chi connectivity index (χ0) is 26.6. The molecule has 0 aliphatic carbocycles. The second-order valence-electron chi connectivity index (χ2n) is 9.71. The van der Waals surface area contributed by atoms with Gasteiger partial charge in [-0.05, 0) is 51.1 Å². The van der Waals surface area contributed by atoms with Gasteiger partial charge in [0.1, 0.15) is 5.69 Å². The summed E-state index contributed by atoms with van der Waals surface area (Å²) >= 11 is 12.9. The minimum Gasteiger partial charge on any atom is -0.492 e. The number of benzene rings is 2. The maximum atomic E-state index is 13.2. The Bertz CT molecular complexity index is 1330. The number of aromatic nitrogens is 2. The molecule has 1 aromatic heterocycles. The monoisotopic (exact) mass is 540 g/mol. The lowest BCUT2D eigenvalue weighted by Gasteiger charge is -2.24. The van der Waals surface area contributed by atoms with E-state index in [1.807, 2.05) is 45.0 Å². The molecule has 1 N–H and O–H groups in total. The number of nitrogens with zero attached hydrogens (tertiary/aromatic N) is 3. The van der Waals surface area contributed by atoms with Crippen molar-refractivity contribution in [3.05, 3.63) is 63.8 Å². The van der Waals surface area contributed by atoms with Crippen molar-refractivity contribution in [1.29, 1.82) is 0 Å². The summed E-state index contributed by atoms with van der Waals surface area (Å²) in [5.74, 6) is 6.39. The van der Waals surface area contributed by atoms with Crippen LogP contribution in [0.2, 0.25) is 10.0 Å². The van der Waals surface area contributed by atoms with Crippen LogP contribution in [0.25, 0.3) is 16.9 Å². The first-order valence-electron chi connectivity index (χ1n) is 12.0. The van der Waals surface area contributed by atoms with E-state index in [-0.39, 0.29) is 11.6 Å². The first-order valence-corrected chi connectivity index (χ1v) is 12.8. The lowest BCUT2D eigenvalue weighted by atomic mass is 10.1. The third kappa shape index (κ3) is 6.65. The van der Waals surface area contributed by atoms with Crippen molar-refractivity contribution in [2.75, 3.05) is 40.0 Å². The van der Waals surface area contributed by atoms with Gasteiger partial charge >= 0.3 is 0 Å². The molecule has 3 aromatic rings. The Morgan fingerprint density at radius 1 is 1.14 bits per heavy atom. The van der Waals surface area contributed by atoms with Crippen LogP contribution in [0.5, 0.6) is 5.75 Å². The zero-order valence-corrected chi connectivity index (χ0v) is 22.9. The van der Waals surface area contributed by atoms with E-state index in [0.29, 0.717) is 33.7 Å². The number of morpholine rings is 1. The van der Waals surface area contributed by atoms with E-state index in [9.17, 15) is 4.79 Å². The molecule has 2 aromatic carbocycles. The molecule has 0 spiro atoms. The molecule has 37 heavy (non-hydrogen) atoms. The molecule has 1 fully saturated rings. The first kappa shape index (κ1) is 27.0. The highest BCUT2D eigenvalue weighted by Crippen LogP contribution is 2.37. The van der Waals surface area contributed by atoms with Crippen LogP contribution in [0.1, 0.15) is 36.8 Å². The lowest BCUT2D eigenvalue weighted by molar-refractivity contribution is 0.0443. The molecule has 1 aliphatic heterocycles. The highest BCUT2D eigenvalue weighted by atomic mass is 35.5. The molecule has 2 heterocycles. The Kier molecular flexibility index (Phi) is 8.46. The fraction of sp³-hybridized carbons (Fsp3) is 0.357. The summed E-state index contributed by atoms with van der Waals surface area (Å²) in [4.78, 5) is 15.4. The molecule has 0 unspecified atom stereocenters. The molecular weight excluding hydrogens is 511 g/mol. The highest BCUT2D eigenvalue weighted by molar-refractivity contribution is 6.32. The molecule has 7 nitrogen and oxygen atoms in total. The minimum atomic E-state index is -0.453. The molecule has 1 saturated heterocycles. The third-order valence-electron chi connectivity index (χ3n) is 5.68. The van der Waals surface area contributed by atoms with Crippen LogP contribution >= 0.6 is 23.2 Å². The van der Waals surface area contributed by atoms with Gasteiger partial charge in [-0.1, -0.05) is 47.2 Å². The topological polar surface area (TPSA) is 68.6 Å². The molecule has 0 radical (unpaired) electrons. The van der Waals surface area contributed by atoms with E-state index in [2.05, 4.69) is 27.2 Å². The van der Waals surface area contributed by atoms with Gasteiger partial charge in [0.25, 0.3) is 5.91 Å². The van der Waals surface area contributed by atoms with Crippen LogP contribution in [-0.2, 0) is 4.74 Å². The highest BCUT2D eigenvalue weighted by Gasteiger charge is 2.28. The number of amides is 1. The predicted octanol–water partition coefficient (Wildman–Crippen LogP) is 5.07. The second kappa shape index (κ2) is 11.6. The number of rotatable bonds is 5.